The highest BCUT2D eigenvalue weighted by atomic mass is 32.2. The summed E-state index contributed by atoms with van der Waals surface area (Å²) >= 11 is 3.12. The van der Waals surface area contributed by atoms with Crippen molar-refractivity contribution < 1.29 is 4.79 Å². The number of anilines is 1. The molecule has 2 aromatic heterocycles. The predicted molar refractivity (Wildman–Crippen MR) is 96.3 cm³/mol. The molecule has 0 unspecified atom stereocenters. The van der Waals surface area contributed by atoms with Crippen LogP contribution in [0.25, 0.3) is 10.3 Å². The fraction of sp³-hybridized carbons (Fsp3) is 0.250. The van der Waals surface area contributed by atoms with Crippen LogP contribution in [-0.4, -0.2) is 33.2 Å². The summed E-state index contributed by atoms with van der Waals surface area (Å²) in [5.74, 6) is 0.391. The van der Waals surface area contributed by atoms with Crippen molar-refractivity contribution >= 4 is 45.2 Å². The maximum absolute atomic E-state index is 12.1. The number of primary amides is 1. The molecule has 0 saturated heterocycles. The Labute approximate surface area is 147 Å². The first-order chi connectivity index (χ1) is 11.7. The van der Waals surface area contributed by atoms with Crippen molar-refractivity contribution in [2.75, 3.05) is 11.2 Å². The lowest BCUT2D eigenvalue weighted by molar-refractivity contribution is -0.119. The summed E-state index contributed by atoms with van der Waals surface area (Å²) in [6, 6.07) is 7.71. The molecule has 1 aliphatic rings. The van der Waals surface area contributed by atoms with E-state index in [1.165, 1.54) is 11.9 Å². The monoisotopic (exact) mass is 357 g/mol. The molecule has 0 radical (unpaired) electrons. The molecule has 8 heteroatoms. The average molecular weight is 357 g/mol. The molecule has 2 N–H and O–H groups in total. The standard InChI is InChI=1S/C16H15N5OS2/c1-23-16-20-14-12(24-16)15(19-8-18-14)21-7-10-5-3-2-4-9(10)6-11(21)13(17)22/h2-5,8,11H,6-7H2,1H3,(H2,17,22)/t11-/m1/s1. The molecule has 6 nitrogen and oxygen atoms in total. The van der Waals surface area contributed by atoms with E-state index in [2.05, 4.69) is 27.1 Å². The van der Waals surface area contributed by atoms with Gasteiger partial charge in [0.2, 0.25) is 5.91 Å². The second-order valence-corrected chi connectivity index (χ2v) is 7.61. The van der Waals surface area contributed by atoms with Crippen LogP contribution in [0.5, 0.6) is 0 Å². The molecule has 0 fully saturated rings. The molecule has 0 aliphatic carbocycles. The summed E-state index contributed by atoms with van der Waals surface area (Å²) < 4.78 is 1.83. The van der Waals surface area contributed by atoms with Crippen LogP contribution in [0.15, 0.2) is 34.9 Å². The summed E-state index contributed by atoms with van der Waals surface area (Å²) in [7, 11) is 0. The highest BCUT2D eigenvalue weighted by Crippen LogP contribution is 2.36. The number of carbonyl (C=O) groups excluding carboxylic acids is 1. The molecule has 3 heterocycles. The number of fused-ring (bicyclic) bond motifs is 2. The third-order valence-corrected chi connectivity index (χ3v) is 6.20. The predicted octanol–water partition coefficient (Wildman–Crippen LogP) is 2.22. The van der Waals surface area contributed by atoms with Gasteiger partial charge in [-0.2, -0.15) is 0 Å². The first-order valence-corrected chi connectivity index (χ1v) is 9.49. The zero-order valence-corrected chi connectivity index (χ0v) is 14.6. The quantitative estimate of drug-likeness (QED) is 0.724. The normalized spacial score (nSPS) is 17.0. The lowest BCUT2D eigenvalue weighted by Gasteiger charge is -2.35. The molecular formula is C16H15N5OS2. The van der Waals surface area contributed by atoms with E-state index in [1.54, 1.807) is 23.1 Å². The summed E-state index contributed by atoms with van der Waals surface area (Å²) in [4.78, 5) is 27.2. The minimum atomic E-state index is -0.419. The Bertz CT molecular complexity index is 926. The number of aromatic nitrogens is 3. The van der Waals surface area contributed by atoms with Gasteiger partial charge in [0, 0.05) is 13.0 Å². The van der Waals surface area contributed by atoms with Gasteiger partial charge in [0.15, 0.2) is 15.8 Å². The molecule has 0 bridgehead atoms. The number of thioether (sulfide) groups is 1. The maximum Gasteiger partial charge on any atom is 0.240 e. The Morgan fingerprint density at radius 3 is 2.88 bits per heavy atom. The zero-order valence-electron chi connectivity index (χ0n) is 13.0. The van der Waals surface area contributed by atoms with Gasteiger partial charge < -0.3 is 10.6 Å². The average Bonchev–Trinajstić information content (AvgIpc) is 3.03. The van der Waals surface area contributed by atoms with Gasteiger partial charge >= 0.3 is 0 Å². The minimum Gasteiger partial charge on any atom is -0.368 e. The van der Waals surface area contributed by atoms with Gasteiger partial charge in [-0.3, -0.25) is 4.79 Å². The smallest absolute Gasteiger partial charge is 0.240 e. The second kappa shape index (κ2) is 6.03. The van der Waals surface area contributed by atoms with Crippen LogP contribution >= 0.6 is 23.1 Å². The number of hydrogen-bond acceptors (Lipinski definition) is 7. The van der Waals surface area contributed by atoms with Crippen molar-refractivity contribution in [2.24, 2.45) is 5.73 Å². The van der Waals surface area contributed by atoms with Crippen LogP contribution in [0.4, 0.5) is 5.82 Å². The first kappa shape index (κ1) is 15.3. The van der Waals surface area contributed by atoms with Gasteiger partial charge in [0.25, 0.3) is 0 Å². The molecule has 122 valence electrons. The molecule has 0 spiro atoms. The summed E-state index contributed by atoms with van der Waals surface area (Å²) in [6.45, 7) is 0.600. The van der Waals surface area contributed by atoms with Crippen LogP contribution in [0.3, 0.4) is 0 Å². The number of nitrogens with two attached hydrogens (primary N) is 1. The Morgan fingerprint density at radius 2 is 2.12 bits per heavy atom. The van der Waals surface area contributed by atoms with Crippen molar-refractivity contribution in [1.82, 2.24) is 15.0 Å². The van der Waals surface area contributed by atoms with Gasteiger partial charge in [0.05, 0.1) is 0 Å². The summed E-state index contributed by atoms with van der Waals surface area (Å²) in [6.07, 6.45) is 4.07. The van der Waals surface area contributed by atoms with E-state index >= 15 is 0 Å². The number of rotatable bonds is 3. The molecule has 24 heavy (non-hydrogen) atoms. The highest BCUT2D eigenvalue weighted by molar-refractivity contribution is 8.00. The van der Waals surface area contributed by atoms with Crippen molar-refractivity contribution in [3.8, 4) is 0 Å². The molecule has 1 aliphatic heterocycles. The van der Waals surface area contributed by atoms with Gasteiger partial charge in [-0.25, -0.2) is 15.0 Å². The topological polar surface area (TPSA) is 85.0 Å². The molecule has 1 atom stereocenters. The second-order valence-electron chi connectivity index (χ2n) is 5.55. The Morgan fingerprint density at radius 1 is 1.33 bits per heavy atom. The van der Waals surface area contributed by atoms with E-state index in [9.17, 15) is 4.79 Å². The third kappa shape index (κ3) is 2.51. The number of amides is 1. The van der Waals surface area contributed by atoms with Crippen LogP contribution < -0.4 is 10.6 Å². The molecule has 4 rings (SSSR count). The van der Waals surface area contributed by atoms with E-state index < -0.39 is 6.04 Å². The zero-order chi connectivity index (χ0) is 16.7. The lowest BCUT2D eigenvalue weighted by Crippen LogP contribution is -2.49. The fourth-order valence-corrected chi connectivity index (χ4v) is 4.53. The highest BCUT2D eigenvalue weighted by Gasteiger charge is 2.32. The fourth-order valence-electron chi connectivity index (χ4n) is 3.01. The van der Waals surface area contributed by atoms with Crippen molar-refractivity contribution in [3.05, 3.63) is 41.7 Å². The number of nitrogens with zero attached hydrogens (tertiary/aromatic N) is 4. The van der Waals surface area contributed by atoms with E-state index in [4.69, 9.17) is 5.73 Å². The maximum atomic E-state index is 12.1. The lowest BCUT2D eigenvalue weighted by atomic mass is 9.93. The minimum absolute atomic E-state index is 0.342. The third-order valence-electron chi connectivity index (χ3n) is 4.18. The number of carbonyl (C=O) groups is 1. The van der Waals surface area contributed by atoms with E-state index in [1.807, 2.05) is 23.3 Å². The number of thiazole rings is 1. The van der Waals surface area contributed by atoms with E-state index in [0.29, 0.717) is 18.6 Å². The van der Waals surface area contributed by atoms with Gasteiger partial charge in [-0.05, 0) is 17.4 Å². The van der Waals surface area contributed by atoms with Crippen molar-refractivity contribution in [2.45, 2.75) is 23.3 Å². The number of benzene rings is 1. The Hall–Kier alpha value is -2.19. The van der Waals surface area contributed by atoms with Gasteiger partial charge in [0.1, 0.15) is 17.1 Å². The van der Waals surface area contributed by atoms with Gasteiger partial charge in [-0.15, -0.1) is 11.3 Å². The van der Waals surface area contributed by atoms with Crippen molar-refractivity contribution in [1.29, 1.82) is 0 Å². The van der Waals surface area contributed by atoms with Crippen LogP contribution in [-0.2, 0) is 17.8 Å². The van der Waals surface area contributed by atoms with E-state index in [0.717, 1.165) is 20.4 Å². The largest absolute Gasteiger partial charge is 0.368 e. The molecule has 0 saturated carbocycles. The molecular weight excluding hydrogens is 342 g/mol. The van der Waals surface area contributed by atoms with Crippen LogP contribution in [0, 0.1) is 0 Å². The summed E-state index contributed by atoms with van der Waals surface area (Å²) in [5.41, 5.74) is 8.71. The Kier molecular flexibility index (Phi) is 3.85. The number of hydrogen-bond donors (Lipinski definition) is 1. The van der Waals surface area contributed by atoms with Crippen LogP contribution in [0.2, 0.25) is 0 Å². The summed E-state index contributed by atoms with van der Waals surface area (Å²) in [5, 5.41) is 0. The van der Waals surface area contributed by atoms with Crippen molar-refractivity contribution in [3.63, 3.8) is 0 Å². The first-order valence-electron chi connectivity index (χ1n) is 7.45. The van der Waals surface area contributed by atoms with Crippen LogP contribution in [0.1, 0.15) is 11.1 Å². The molecule has 1 aromatic carbocycles. The molecule has 3 aromatic rings. The SMILES string of the molecule is CSc1nc2ncnc(N3Cc4ccccc4C[C@@H]3C(N)=O)c2s1. The van der Waals surface area contributed by atoms with Gasteiger partial charge in [-0.1, -0.05) is 36.0 Å². The van der Waals surface area contributed by atoms with E-state index in [-0.39, 0.29) is 5.91 Å². The Balaban J connectivity index is 1.85. The molecule has 1 amide bonds.